The Bertz CT molecular complexity index is 783. The fourth-order valence-corrected chi connectivity index (χ4v) is 2.75. The highest BCUT2D eigenvalue weighted by atomic mass is 16.5. The van der Waals surface area contributed by atoms with E-state index in [1.807, 2.05) is 48.5 Å². The van der Waals surface area contributed by atoms with E-state index >= 15 is 0 Å². The molecule has 0 saturated carbocycles. The van der Waals surface area contributed by atoms with Crippen molar-refractivity contribution in [3.05, 3.63) is 72.3 Å². The average molecular weight is 413 g/mol. The topological polar surface area (TPSA) is 61.8 Å². The molecule has 0 heterocycles. The van der Waals surface area contributed by atoms with Gasteiger partial charge in [-0.15, -0.1) is 0 Å². The Morgan fingerprint density at radius 1 is 0.933 bits per heavy atom. The molecule has 2 aromatic rings. The molecule has 0 spiro atoms. The molecule has 0 N–H and O–H groups in total. The highest BCUT2D eigenvalue weighted by Gasteiger charge is 2.13. The van der Waals surface area contributed by atoms with Crippen molar-refractivity contribution < 1.29 is 23.8 Å². The molecule has 5 heteroatoms. The number of hydrogen-bond donors (Lipinski definition) is 0. The van der Waals surface area contributed by atoms with E-state index in [1.165, 1.54) is 18.9 Å². The summed E-state index contributed by atoms with van der Waals surface area (Å²) in [5, 5.41) is 0. The smallest absolute Gasteiger partial charge is 0.330 e. The minimum absolute atomic E-state index is 0.0622. The molecule has 0 radical (unpaired) electrons. The second-order valence-electron chi connectivity index (χ2n) is 6.55. The quantitative estimate of drug-likeness (QED) is 0.213. The number of esters is 1. The van der Waals surface area contributed by atoms with E-state index in [1.54, 1.807) is 14.2 Å². The van der Waals surface area contributed by atoms with E-state index in [-0.39, 0.29) is 11.8 Å². The van der Waals surface area contributed by atoms with Crippen molar-refractivity contribution in [2.75, 3.05) is 20.8 Å². The molecule has 2 rings (SSSR count). The summed E-state index contributed by atoms with van der Waals surface area (Å²) >= 11 is 0. The molecule has 0 aliphatic heterocycles. The summed E-state index contributed by atoms with van der Waals surface area (Å²) < 4.78 is 15.3. The third-order valence-corrected chi connectivity index (χ3v) is 4.34. The zero-order chi connectivity index (χ0) is 22.2. The van der Waals surface area contributed by atoms with Crippen molar-refractivity contribution in [1.29, 1.82) is 0 Å². The molecule has 30 heavy (non-hydrogen) atoms. The molecule has 0 aliphatic rings. The Kier molecular flexibility index (Phi) is 12.4. The van der Waals surface area contributed by atoms with Crippen LogP contribution in [0.2, 0.25) is 0 Å². The van der Waals surface area contributed by atoms with Gasteiger partial charge in [-0.25, -0.2) is 4.79 Å². The maximum atomic E-state index is 12.2. The molecule has 0 saturated heterocycles. The van der Waals surface area contributed by atoms with E-state index < -0.39 is 0 Å². The van der Waals surface area contributed by atoms with Crippen LogP contribution in [-0.2, 0) is 16.0 Å². The lowest BCUT2D eigenvalue weighted by Crippen LogP contribution is -2.05. The van der Waals surface area contributed by atoms with Crippen LogP contribution in [0.25, 0.3) is 0 Å². The summed E-state index contributed by atoms with van der Waals surface area (Å²) in [6, 6.07) is 14.8. The highest BCUT2D eigenvalue weighted by molar-refractivity contribution is 5.97. The van der Waals surface area contributed by atoms with Gasteiger partial charge in [0.1, 0.15) is 0 Å². The number of ketones is 1. The van der Waals surface area contributed by atoms with Crippen LogP contribution in [0, 0.1) is 0 Å². The molecule has 0 unspecified atom stereocenters. The van der Waals surface area contributed by atoms with Crippen molar-refractivity contribution in [3.8, 4) is 11.5 Å². The Labute approximate surface area is 179 Å². The van der Waals surface area contributed by atoms with Crippen molar-refractivity contribution in [2.45, 2.75) is 39.0 Å². The lowest BCUT2D eigenvalue weighted by atomic mass is 10.0. The Morgan fingerprint density at radius 2 is 1.67 bits per heavy atom. The molecule has 0 aromatic heterocycles. The first-order valence-corrected chi connectivity index (χ1v) is 10.1. The standard InChI is InChI=1S/C16H16O3.C9H16O2/c1-18-15-10-6-9-13(16(15)19-2)11-14(17)12-7-4-3-5-8-12;1-3-5-6-7-8-11-9(10)4-2/h3-10H,11H2,1-2H3;4H,2-3,5-8H2,1H3. The third-order valence-electron chi connectivity index (χ3n) is 4.34. The van der Waals surface area contributed by atoms with Crippen LogP contribution in [0.1, 0.15) is 48.5 Å². The summed E-state index contributed by atoms with van der Waals surface area (Å²) in [6.45, 7) is 5.98. The number of ether oxygens (including phenoxy) is 3. The van der Waals surface area contributed by atoms with Crippen LogP contribution in [0.4, 0.5) is 0 Å². The Morgan fingerprint density at radius 3 is 2.27 bits per heavy atom. The largest absolute Gasteiger partial charge is 0.493 e. The van der Waals surface area contributed by atoms with Gasteiger partial charge in [-0.3, -0.25) is 4.79 Å². The first kappa shape index (κ1) is 25.0. The lowest BCUT2D eigenvalue weighted by molar-refractivity contribution is -0.137. The first-order valence-electron chi connectivity index (χ1n) is 10.1. The molecule has 0 atom stereocenters. The van der Waals surface area contributed by atoms with E-state index in [0.717, 1.165) is 18.4 Å². The van der Waals surface area contributed by atoms with E-state index in [9.17, 15) is 9.59 Å². The van der Waals surface area contributed by atoms with Gasteiger partial charge in [0.2, 0.25) is 0 Å². The van der Waals surface area contributed by atoms with Crippen LogP contribution in [0.15, 0.2) is 61.2 Å². The van der Waals surface area contributed by atoms with Crippen molar-refractivity contribution >= 4 is 11.8 Å². The van der Waals surface area contributed by atoms with Crippen LogP contribution >= 0.6 is 0 Å². The molecule has 162 valence electrons. The molecular weight excluding hydrogens is 380 g/mol. The average Bonchev–Trinajstić information content (AvgIpc) is 2.79. The van der Waals surface area contributed by atoms with Gasteiger partial charge >= 0.3 is 5.97 Å². The van der Waals surface area contributed by atoms with Crippen LogP contribution in [-0.4, -0.2) is 32.6 Å². The van der Waals surface area contributed by atoms with Gasteiger partial charge in [0.25, 0.3) is 0 Å². The summed E-state index contributed by atoms with van der Waals surface area (Å²) in [7, 11) is 3.16. The van der Waals surface area contributed by atoms with Crippen molar-refractivity contribution in [2.24, 2.45) is 0 Å². The first-order chi connectivity index (χ1) is 14.6. The van der Waals surface area contributed by atoms with Gasteiger partial charge < -0.3 is 14.2 Å². The molecule has 5 nitrogen and oxygen atoms in total. The Hall–Kier alpha value is -3.08. The molecule has 0 aliphatic carbocycles. The fourth-order valence-electron chi connectivity index (χ4n) is 2.75. The van der Waals surface area contributed by atoms with Gasteiger partial charge in [0.15, 0.2) is 17.3 Å². The van der Waals surface area contributed by atoms with Crippen LogP contribution in [0.3, 0.4) is 0 Å². The summed E-state index contributed by atoms with van der Waals surface area (Å²) in [5.74, 6) is 1.00. The number of unbranched alkanes of at least 4 members (excludes halogenated alkanes) is 3. The van der Waals surface area contributed by atoms with E-state index in [4.69, 9.17) is 14.2 Å². The maximum Gasteiger partial charge on any atom is 0.330 e. The third kappa shape index (κ3) is 8.95. The van der Waals surface area contributed by atoms with Crippen molar-refractivity contribution in [3.63, 3.8) is 0 Å². The normalized spacial score (nSPS) is 9.70. The number of Topliss-reactive ketones (excluding diaryl/α,β-unsaturated/α-hetero) is 1. The molecule has 0 fully saturated rings. The number of carbonyl (C=O) groups excluding carboxylic acids is 2. The number of para-hydroxylation sites is 1. The van der Waals surface area contributed by atoms with Crippen molar-refractivity contribution in [1.82, 2.24) is 0 Å². The Balaban J connectivity index is 0.000000352. The minimum atomic E-state index is -0.318. The van der Waals surface area contributed by atoms with Gasteiger partial charge in [0.05, 0.1) is 20.8 Å². The lowest BCUT2D eigenvalue weighted by Gasteiger charge is -2.12. The highest BCUT2D eigenvalue weighted by Crippen LogP contribution is 2.31. The van der Waals surface area contributed by atoms with Gasteiger partial charge in [0, 0.05) is 23.6 Å². The van der Waals surface area contributed by atoms with Crippen LogP contribution < -0.4 is 9.47 Å². The number of hydrogen-bond acceptors (Lipinski definition) is 5. The monoisotopic (exact) mass is 412 g/mol. The summed E-state index contributed by atoms with van der Waals surface area (Å²) in [5.41, 5.74) is 1.53. The molecule has 0 amide bonds. The molecular formula is C25H32O5. The second kappa shape index (κ2) is 14.9. The van der Waals surface area contributed by atoms with Crippen LogP contribution in [0.5, 0.6) is 11.5 Å². The number of rotatable bonds is 11. The number of methoxy groups -OCH3 is 2. The molecule has 2 aromatic carbocycles. The fraction of sp³-hybridized carbons (Fsp3) is 0.360. The predicted molar refractivity (Wildman–Crippen MR) is 119 cm³/mol. The number of carbonyl (C=O) groups is 2. The van der Waals surface area contributed by atoms with E-state index in [0.29, 0.717) is 30.1 Å². The zero-order valence-electron chi connectivity index (χ0n) is 18.2. The summed E-state index contributed by atoms with van der Waals surface area (Å²) in [6.07, 6.45) is 6.01. The zero-order valence-corrected chi connectivity index (χ0v) is 18.2. The van der Waals surface area contributed by atoms with Gasteiger partial charge in [-0.2, -0.15) is 0 Å². The SMILES string of the molecule is C=CC(=O)OCCCCCC.COc1cccc(CC(=O)c2ccccc2)c1OC. The summed E-state index contributed by atoms with van der Waals surface area (Å²) in [4.78, 5) is 22.7. The molecule has 0 bridgehead atoms. The van der Waals surface area contributed by atoms with Gasteiger partial charge in [-0.05, 0) is 12.5 Å². The van der Waals surface area contributed by atoms with E-state index in [2.05, 4.69) is 13.5 Å². The second-order valence-corrected chi connectivity index (χ2v) is 6.55. The number of benzene rings is 2. The minimum Gasteiger partial charge on any atom is -0.493 e. The maximum absolute atomic E-state index is 12.2. The van der Waals surface area contributed by atoms with Gasteiger partial charge in [-0.1, -0.05) is 75.2 Å². The predicted octanol–water partition coefficient (Wildman–Crippen LogP) is 5.43.